The lowest BCUT2D eigenvalue weighted by Crippen LogP contribution is -2.55. The number of carbonyl (C=O) groups is 1. The molecule has 0 aliphatic carbocycles. The lowest BCUT2D eigenvalue weighted by molar-refractivity contribution is 0.184. The van der Waals surface area contributed by atoms with Crippen molar-refractivity contribution in [1.82, 2.24) is 20.1 Å². The molecule has 1 aliphatic rings. The minimum absolute atomic E-state index is 0.00369. The number of piperazine rings is 1. The number of hydrogen-bond donors (Lipinski definition) is 1. The predicted octanol–water partition coefficient (Wildman–Crippen LogP) is 3.58. The van der Waals surface area contributed by atoms with Crippen LogP contribution in [0.2, 0.25) is 0 Å². The van der Waals surface area contributed by atoms with Crippen molar-refractivity contribution in [1.29, 1.82) is 0 Å². The minimum atomic E-state index is -0.312. The third kappa shape index (κ3) is 3.62. The van der Waals surface area contributed by atoms with E-state index in [1.165, 1.54) is 23.5 Å². The van der Waals surface area contributed by atoms with Gasteiger partial charge in [-0.3, -0.25) is 5.32 Å². The maximum absolute atomic E-state index is 13.3. The van der Waals surface area contributed by atoms with Crippen molar-refractivity contribution in [3.05, 3.63) is 41.3 Å². The number of aromatic nitrogens is 3. The molecule has 1 aliphatic heterocycles. The van der Waals surface area contributed by atoms with Crippen LogP contribution in [0.3, 0.4) is 0 Å². The zero-order chi connectivity index (χ0) is 19.8. The van der Waals surface area contributed by atoms with Crippen LogP contribution < -0.4 is 10.2 Å². The molecule has 0 bridgehead atoms. The first kappa shape index (κ1) is 18.5. The van der Waals surface area contributed by atoms with Gasteiger partial charge in [-0.05, 0) is 50.6 Å². The average Bonchev–Trinajstić information content (AvgIpc) is 3.05. The molecule has 2 amide bonds. The SMILES string of the molecule is Cc1cc(N2CCN(C(=O)Nc3nc4ccc(F)cc4s3)[C@H](C)C2)nnc1C. The summed E-state index contributed by atoms with van der Waals surface area (Å²) >= 11 is 1.27. The highest BCUT2D eigenvalue weighted by atomic mass is 32.1. The van der Waals surface area contributed by atoms with Crippen LogP contribution in [0.4, 0.5) is 20.1 Å². The van der Waals surface area contributed by atoms with Gasteiger partial charge in [-0.2, -0.15) is 5.10 Å². The van der Waals surface area contributed by atoms with E-state index < -0.39 is 0 Å². The van der Waals surface area contributed by atoms with Crippen LogP contribution >= 0.6 is 11.3 Å². The zero-order valence-electron chi connectivity index (χ0n) is 15.9. The number of carbonyl (C=O) groups excluding carboxylic acids is 1. The summed E-state index contributed by atoms with van der Waals surface area (Å²) in [4.78, 5) is 21.0. The van der Waals surface area contributed by atoms with Crippen molar-refractivity contribution < 1.29 is 9.18 Å². The molecule has 1 aromatic carbocycles. The van der Waals surface area contributed by atoms with Crippen molar-refractivity contribution in [2.24, 2.45) is 0 Å². The third-order valence-electron chi connectivity index (χ3n) is 5.00. The molecule has 1 atom stereocenters. The Hall–Kier alpha value is -2.81. The maximum atomic E-state index is 13.3. The Morgan fingerprint density at radius 3 is 2.82 bits per heavy atom. The highest BCUT2D eigenvalue weighted by molar-refractivity contribution is 7.22. The van der Waals surface area contributed by atoms with Crippen molar-refractivity contribution >= 4 is 38.5 Å². The van der Waals surface area contributed by atoms with E-state index in [0.29, 0.717) is 35.0 Å². The summed E-state index contributed by atoms with van der Waals surface area (Å²) in [6.45, 7) is 7.89. The predicted molar refractivity (Wildman–Crippen MR) is 108 cm³/mol. The van der Waals surface area contributed by atoms with Crippen LogP contribution in [0.25, 0.3) is 10.2 Å². The standard InChI is InChI=1S/C19H21FN6OS/c1-11-8-17(24-23-13(11)3)25-6-7-26(12(2)10-25)19(27)22-18-21-15-5-4-14(20)9-16(15)28-18/h4-5,8-9,12H,6-7,10H2,1-3H3,(H,21,22,27)/t12-/m1/s1. The van der Waals surface area contributed by atoms with E-state index in [9.17, 15) is 9.18 Å². The number of hydrogen-bond acceptors (Lipinski definition) is 6. The maximum Gasteiger partial charge on any atom is 0.324 e. The van der Waals surface area contributed by atoms with Gasteiger partial charge in [-0.25, -0.2) is 14.2 Å². The van der Waals surface area contributed by atoms with E-state index in [-0.39, 0.29) is 17.9 Å². The fourth-order valence-corrected chi connectivity index (χ4v) is 4.15. The minimum Gasteiger partial charge on any atom is -0.351 e. The molecule has 4 rings (SSSR count). The summed E-state index contributed by atoms with van der Waals surface area (Å²) in [5.74, 6) is 0.524. The second-order valence-electron chi connectivity index (χ2n) is 7.02. The van der Waals surface area contributed by atoms with Crippen LogP contribution in [0.15, 0.2) is 24.3 Å². The number of rotatable bonds is 2. The molecule has 1 fully saturated rings. The first-order chi connectivity index (χ1) is 13.4. The molecular formula is C19H21FN6OS. The second-order valence-corrected chi connectivity index (χ2v) is 8.05. The van der Waals surface area contributed by atoms with Crippen molar-refractivity contribution in [3.63, 3.8) is 0 Å². The Kier molecular flexibility index (Phi) is 4.84. The van der Waals surface area contributed by atoms with Gasteiger partial charge in [0.25, 0.3) is 0 Å². The molecule has 0 spiro atoms. The van der Waals surface area contributed by atoms with Crippen LogP contribution in [0.5, 0.6) is 0 Å². The first-order valence-electron chi connectivity index (χ1n) is 9.10. The number of urea groups is 1. The Labute approximate surface area is 166 Å². The Morgan fingerprint density at radius 1 is 1.25 bits per heavy atom. The van der Waals surface area contributed by atoms with Gasteiger partial charge in [0.1, 0.15) is 5.82 Å². The summed E-state index contributed by atoms with van der Waals surface area (Å²) < 4.78 is 14.1. The molecule has 1 N–H and O–H groups in total. The number of halogens is 1. The van der Waals surface area contributed by atoms with E-state index in [1.54, 1.807) is 11.0 Å². The smallest absolute Gasteiger partial charge is 0.324 e. The largest absolute Gasteiger partial charge is 0.351 e. The van der Waals surface area contributed by atoms with E-state index in [1.807, 2.05) is 26.8 Å². The summed E-state index contributed by atoms with van der Waals surface area (Å²) in [6, 6.07) is 6.24. The lowest BCUT2D eigenvalue weighted by atomic mass is 10.2. The average molecular weight is 400 g/mol. The van der Waals surface area contributed by atoms with Crippen LogP contribution in [-0.4, -0.2) is 51.8 Å². The lowest BCUT2D eigenvalue weighted by Gasteiger charge is -2.40. The zero-order valence-corrected chi connectivity index (χ0v) is 16.8. The van der Waals surface area contributed by atoms with Crippen LogP contribution in [0, 0.1) is 19.7 Å². The van der Waals surface area contributed by atoms with Gasteiger partial charge in [-0.15, -0.1) is 5.10 Å². The number of thiazole rings is 1. The first-order valence-corrected chi connectivity index (χ1v) is 9.92. The van der Waals surface area contributed by atoms with E-state index in [4.69, 9.17) is 0 Å². The number of anilines is 2. The third-order valence-corrected chi connectivity index (χ3v) is 5.93. The Morgan fingerprint density at radius 2 is 2.07 bits per heavy atom. The van der Waals surface area contributed by atoms with Gasteiger partial charge in [-0.1, -0.05) is 11.3 Å². The molecular weight excluding hydrogens is 379 g/mol. The Balaban J connectivity index is 1.43. The summed E-state index contributed by atoms with van der Waals surface area (Å²) in [6.07, 6.45) is 0. The molecule has 0 saturated carbocycles. The molecule has 7 nitrogen and oxygen atoms in total. The van der Waals surface area contributed by atoms with Crippen LogP contribution in [-0.2, 0) is 0 Å². The Bertz CT molecular complexity index is 1040. The molecule has 0 unspecified atom stereocenters. The highest BCUT2D eigenvalue weighted by Gasteiger charge is 2.29. The quantitative estimate of drug-likeness (QED) is 0.712. The second kappa shape index (κ2) is 7.31. The topological polar surface area (TPSA) is 74.2 Å². The molecule has 28 heavy (non-hydrogen) atoms. The number of fused-ring (bicyclic) bond motifs is 1. The number of nitrogens with zero attached hydrogens (tertiary/aromatic N) is 5. The number of aryl methyl sites for hydroxylation is 2. The van der Waals surface area contributed by atoms with Crippen molar-refractivity contribution in [2.45, 2.75) is 26.8 Å². The number of nitrogens with one attached hydrogen (secondary N) is 1. The fraction of sp³-hybridized carbons (Fsp3) is 0.368. The fourth-order valence-electron chi connectivity index (χ4n) is 3.27. The molecule has 3 aromatic rings. The summed E-state index contributed by atoms with van der Waals surface area (Å²) in [5.41, 5.74) is 2.70. The van der Waals surface area contributed by atoms with Gasteiger partial charge < -0.3 is 9.80 Å². The van der Waals surface area contributed by atoms with Gasteiger partial charge >= 0.3 is 6.03 Å². The molecule has 1 saturated heterocycles. The van der Waals surface area contributed by atoms with Gasteiger partial charge in [0.15, 0.2) is 10.9 Å². The van der Waals surface area contributed by atoms with Gasteiger partial charge in [0.05, 0.1) is 15.9 Å². The molecule has 146 valence electrons. The van der Waals surface area contributed by atoms with E-state index in [2.05, 4.69) is 25.4 Å². The highest BCUT2D eigenvalue weighted by Crippen LogP contribution is 2.27. The monoisotopic (exact) mass is 400 g/mol. The van der Waals surface area contributed by atoms with Crippen LogP contribution in [0.1, 0.15) is 18.2 Å². The van der Waals surface area contributed by atoms with Crippen molar-refractivity contribution in [2.75, 3.05) is 29.9 Å². The molecule has 9 heteroatoms. The summed E-state index contributed by atoms with van der Waals surface area (Å²) in [5, 5.41) is 11.8. The number of amides is 2. The van der Waals surface area contributed by atoms with E-state index in [0.717, 1.165) is 17.1 Å². The molecule has 2 aromatic heterocycles. The van der Waals surface area contributed by atoms with Gasteiger partial charge in [0, 0.05) is 25.7 Å². The van der Waals surface area contributed by atoms with E-state index >= 15 is 0 Å². The number of benzene rings is 1. The molecule has 0 radical (unpaired) electrons. The summed E-state index contributed by atoms with van der Waals surface area (Å²) in [7, 11) is 0. The van der Waals surface area contributed by atoms with Crippen molar-refractivity contribution in [3.8, 4) is 0 Å². The normalized spacial score (nSPS) is 17.2. The molecule has 3 heterocycles. The van der Waals surface area contributed by atoms with Gasteiger partial charge in [0.2, 0.25) is 0 Å².